The van der Waals surface area contributed by atoms with Gasteiger partial charge in [0.25, 0.3) is 0 Å². The Morgan fingerprint density at radius 3 is 2.68 bits per heavy atom. The van der Waals surface area contributed by atoms with Crippen molar-refractivity contribution in [3.05, 3.63) is 40.3 Å². The second-order valence-corrected chi connectivity index (χ2v) is 6.26. The Labute approximate surface area is 134 Å². The minimum Gasteiger partial charge on any atom is -0.491 e. The number of carbonyl (C=O) groups is 1. The summed E-state index contributed by atoms with van der Waals surface area (Å²) in [5.41, 5.74) is 1.72. The number of urea groups is 1. The van der Waals surface area contributed by atoms with Gasteiger partial charge in [-0.15, -0.1) is 11.3 Å². The summed E-state index contributed by atoms with van der Waals surface area (Å²) < 4.78 is 5.63. The van der Waals surface area contributed by atoms with Crippen LogP contribution in [0, 0.1) is 6.92 Å². The number of amides is 2. The Bertz CT molecular complexity index is 626. The van der Waals surface area contributed by atoms with E-state index in [4.69, 9.17) is 4.74 Å². The van der Waals surface area contributed by atoms with Crippen molar-refractivity contribution in [2.24, 2.45) is 0 Å². The molecule has 0 radical (unpaired) electrons. The standard InChI is InChI=1S/C16H21N3O2S/c1-10(2)21-13-5-6-14(11(3)9-13)19-16(20)18-12(4)15-17-7-8-22-15/h5-10,12H,1-4H3,(H2,18,19,20). The van der Waals surface area contributed by atoms with E-state index < -0.39 is 0 Å². The van der Waals surface area contributed by atoms with Crippen molar-refractivity contribution in [3.63, 3.8) is 0 Å². The first kappa shape index (κ1) is 16.3. The van der Waals surface area contributed by atoms with Gasteiger partial charge in [0.05, 0.1) is 12.1 Å². The Morgan fingerprint density at radius 2 is 2.09 bits per heavy atom. The molecule has 2 aromatic rings. The lowest BCUT2D eigenvalue weighted by atomic mass is 10.2. The van der Waals surface area contributed by atoms with E-state index in [1.807, 2.05) is 51.3 Å². The maximum Gasteiger partial charge on any atom is 0.319 e. The molecule has 1 atom stereocenters. The normalized spacial score (nSPS) is 12.0. The van der Waals surface area contributed by atoms with Crippen molar-refractivity contribution < 1.29 is 9.53 Å². The number of benzene rings is 1. The van der Waals surface area contributed by atoms with Gasteiger partial charge in [-0.2, -0.15) is 0 Å². The molecule has 2 amide bonds. The number of hydrogen-bond acceptors (Lipinski definition) is 4. The summed E-state index contributed by atoms with van der Waals surface area (Å²) in [6.07, 6.45) is 1.86. The molecule has 1 aromatic heterocycles. The lowest BCUT2D eigenvalue weighted by Gasteiger charge is -2.15. The molecule has 118 valence electrons. The third-order valence-corrected chi connectivity index (χ3v) is 3.95. The number of aromatic nitrogens is 1. The Morgan fingerprint density at radius 1 is 1.32 bits per heavy atom. The maximum atomic E-state index is 12.1. The second kappa shape index (κ2) is 7.26. The molecule has 0 spiro atoms. The Kier molecular flexibility index (Phi) is 5.38. The highest BCUT2D eigenvalue weighted by atomic mass is 32.1. The number of carbonyl (C=O) groups excluding carboxylic acids is 1. The molecule has 0 aliphatic carbocycles. The van der Waals surface area contributed by atoms with Crippen LogP contribution in [-0.4, -0.2) is 17.1 Å². The van der Waals surface area contributed by atoms with Gasteiger partial charge in [0.1, 0.15) is 10.8 Å². The number of thiazole rings is 1. The van der Waals surface area contributed by atoms with Gasteiger partial charge < -0.3 is 15.4 Å². The minimum absolute atomic E-state index is 0.121. The van der Waals surface area contributed by atoms with Crippen LogP contribution in [0.15, 0.2) is 29.8 Å². The van der Waals surface area contributed by atoms with Gasteiger partial charge in [0.15, 0.2) is 0 Å². The number of hydrogen-bond donors (Lipinski definition) is 2. The molecule has 0 aliphatic heterocycles. The van der Waals surface area contributed by atoms with Crippen LogP contribution in [0.4, 0.5) is 10.5 Å². The number of aryl methyl sites for hydroxylation is 1. The Hall–Kier alpha value is -2.08. The van der Waals surface area contributed by atoms with Crippen LogP contribution in [0.2, 0.25) is 0 Å². The van der Waals surface area contributed by atoms with Crippen molar-refractivity contribution in [2.45, 2.75) is 39.8 Å². The fraction of sp³-hybridized carbons (Fsp3) is 0.375. The van der Waals surface area contributed by atoms with Crippen molar-refractivity contribution in [3.8, 4) is 5.75 Å². The van der Waals surface area contributed by atoms with Crippen LogP contribution in [0.5, 0.6) is 5.75 Å². The molecule has 1 unspecified atom stereocenters. The molecule has 5 nitrogen and oxygen atoms in total. The quantitative estimate of drug-likeness (QED) is 0.871. The van der Waals surface area contributed by atoms with Crippen molar-refractivity contribution in [1.29, 1.82) is 0 Å². The summed E-state index contributed by atoms with van der Waals surface area (Å²) in [6.45, 7) is 7.81. The molecule has 22 heavy (non-hydrogen) atoms. The summed E-state index contributed by atoms with van der Waals surface area (Å²) in [4.78, 5) is 16.2. The van der Waals surface area contributed by atoms with Gasteiger partial charge in [-0.1, -0.05) is 0 Å². The zero-order valence-corrected chi connectivity index (χ0v) is 14.0. The molecule has 0 saturated carbocycles. The van der Waals surface area contributed by atoms with E-state index in [2.05, 4.69) is 15.6 Å². The smallest absolute Gasteiger partial charge is 0.319 e. The molecular formula is C16H21N3O2S. The van der Waals surface area contributed by atoms with Gasteiger partial charge in [-0.05, 0) is 51.5 Å². The van der Waals surface area contributed by atoms with E-state index in [1.165, 1.54) is 11.3 Å². The van der Waals surface area contributed by atoms with E-state index >= 15 is 0 Å². The van der Waals surface area contributed by atoms with Crippen LogP contribution in [0.25, 0.3) is 0 Å². The predicted molar refractivity (Wildman–Crippen MR) is 89.6 cm³/mol. The number of ether oxygens (including phenoxy) is 1. The molecule has 1 heterocycles. The lowest BCUT2D eigenvalue weighted by Crippen LogP contribution is -2.31. The van der Waals surface area contributed by atoms with E-state index in [9.17, 15) is 4.79 Å². The summed E-state index contributed by atoms with van der Waals surface area (Å²) in [7, 11) is 0. The highest BCUT2D eigenvalue weighted by Gasteiger charge is 2.12. The first-order valence-corrected chi connectivity index (χ1v) is 8.08. The zero-order chi connectivity index (χ0) is 16.1. The second-order valence-electron chi connectivity index (χ2n) is 5.33. The summed E-state index contributed by atoms with van der Waals surface area (Å²) >= 11 is 1.52. The van der Waals surface area contributed by atoms with Crippen LogP contribution >= 0.6 is 11.3 Å². The zero-order valence-electron chi connectivity index (χ0n) is 13.2. The monoisotopic (exact) mass is 319 g/mol. The molecule has 6 heteroatoms. The average Bonchev–Trinajstić information content (AvgIpc) is 2.95. The fourth-order valence-electron chi connectivity index (χ4n) is 1.99. The van der Waals surface area contributed by atoms with Gasteiger partial charge >= 0.3 is 6.03 Å². The largest absolute Gasteiger partial charge is 0.491 e. The first-order valence-electron chi connectivity index (χ1n) is 7.20. The van der Waals surface area contributed by atoms with Gasteiger partial charge in [0.2, 0.25) is 0 Å². The topological polar surface area (TPSA) is 63.2 Å². The van der Waals surface area contributed by atoms with Crippen molar-refractivity contribution in [2.75, 3.05) is 5.32 Å². The maximum absolute atomic E-state index is 12.1. The van der Waals surface area contributed by atoms with Crippen LogP contribution in [0.1, 0.15) is 37.4 Å². The minimum atomic E-state index is -0.247. The van der Waals surface area contributed by atoms with Gasteiger partial charge in [-0.25, -0.2) is 9.78 Å². The molecule has 0 aliphatic rings. The number of anilines is 1. The average molecular weight is 319 g/mol. The first-order chi connectivity index (χ1) is 10.5. The van der Waals surface area contributed by atoms with Gasteiger partial charge in [0, 0.05) is 17.3 Å². The highest BCUT2D eigenvalue weighted by Crippen LogP contribution is 2.22. The summed E-state index contributed by atoms with van der Waals surface area (Å²) in [5, 5.41) is 8.50. The third-order valence-electron chi connectivity index (χ3n) is 2.99. The number of nitrogens with zero attached hydrogens (tertiary/aromatic N) is 1. The van der Waals surface area contributed by atoms with Gasteiger partial charge in [-0.3, -0.25) is 0 Å². The third kappa shape index (κ3) is 4.46. The molecule has 1 aromatic carbocycles. The Balaban J connectivity index is 1.96. The molecule has 2 N–H and O–H groups in total. The molecule has 0 saturated heterocycles. The summed E-state index contributed by atoms with van der Waals surface area (Å²) in [5.74, 6) is 0.801. The molecule has 2 rings (SSSR count). The summed E-state index contributed by atoms with van der Waals surface area (Å²) in [6, 6.07) is 5.25. The molecule has 0 fully saturated rings. The molecule has 0 bridgehead atoms. The van der Waals surface area contributed by atoms with Crippen LogP contribution in [0.3, 0.4) is 0 Å². The van der Waals surface area contributed by atoms with E-state index in [1.54, 1.807) is 6.20 Å². The number of rotatable bonds is 5. The van der Waals surface area contributed by atoms with Crippen LogP contribution < -0.4 is 15.4 Å². The fourth-order valence-corrected chi connectivity index (χ4v) is 2.63. The van der Waals surface area contributed by atoms with Crippen molar-refractivity contribution in [1.82, 2.24) is 10.3 Å². The van der Waals surface area contributed by atoms with E-state index in [-0.39, 0.29) is 18.2 Å². The number of nitrogens with one attached hydrogen (secondary N) is 2. The SMILES string of the molecule is Cc1cc(OC(C)C)ccc1NC(=O)NC(C)c1nccs1. The highest BCUT2D eigenvalue weighted by molar-refractivity contribution is 7.09. The van der Waals surface area contributed by atoms with Crippen molar-refractivity contribution >= 4 is 23.1 Å². The van der Waals surface area contributed by atoms with E-state index in [0.29, 0.717) is 0 Å². The van der Waals surface area contributed by atoms with E-state index in [0.717, 1.165) is 22.0 Å². The predicted octanol–water partition coefficient (Wildman–Crippen LogP) is 4.12. The lowest BCUT2D eigenvalue weighted by molar-refractivity contribution is 0.242. The van der Waals surface area contributed by atoms with Crippen LogP contribution in [-0.2, 0) is 0 Å². The molecular weight excluding hydrogens is 298 g/mol.